The second kappa shape index (κ2) is 15.2. The molecule has 7 aliphatic rings. The normalized spacial score (nSPS) is 25.6. The van der Waals surface area contributed by atoms with Crippen molar-refractivity contribution in [1.82, 2.24) is 20.0 Å². The average molecular weight is 829 g/mol. The third kappa shape index (κ3) is 6.87. The van der Waals surface area contributed by atoms with Gasteiger partial charge in [-0.1, -0.05) is 17.7 Å². The van der Waals surface area contributed by atoms with Gasteiger partial charge in [0.05, 0.1) is 17.7 Å². The molecule has 0 aliphatic carbocycles. The number of nitrogens with zero attached hydrogens (tertiary/aromatic N) is 7. The maximum absolute atomic E-state index is 13.7. The first kappa shape index (κ1) is 38.7. The van der Waals surface area contributed by atoms with Crippen LogP contribution < -0.4 is 20.0 Å². The zero-order chi connectivity index (χ0) is 41.3. The van der Waals surface area contributed by atoms with E-state index in [1.807, 2.05) is 36.4 Å². The van der Waals surface area contributed by atoms with Crippen LogP contribution in [0.4, 0.5) is 22.7 Å². The quantitative estimate of drug-likeness (QED) is 0.255. The van der Waals surface area contributed by atoms with Crippen LogP contribution in [0.5, 0.6) is 0 Å². The average Bonchev–Trinajstić information content (AvgIpc) is 4.03. The molecule has 13 nitrogen and oxygen atoms in total. The predicted molar refractivity (Wildman–Crippen MR) is 228 cm³/mol. The minimum absolute atomic E-state index is 0.0941. The van der Waals surface area contributed by atoms with Gasteiger partial charge in [-0.3, -0.25) is 39.1 Å². The van der Waals surface area contributed by atoms with Crippen LogP contribution in [0.3, 0.4) is 0 Å². The lowest BCUT2D eigenvalue weighted by molar-refractivity contribution is -0.136. The molecule has 3 atom stereocenters. The van der Waals surface area contributed by atoms with Crippen molar-refractivity contribution in [3.63, 3.8) is 0 Å². The topological polar surface area (TPSA) is 121 Å². The zero-order valence-electron chi connectivity index (χ0n) is 33.7. The first-order chi connectivity index (χ1) is 29.1. The Morgan fingerprint density at radius 2 is 1.33 bits per heavy atom. The van der Waals surface area contributed by atoms with Gasteiger partial charge in [-0.25, -0.2) is 4.85 Å². The summed E-state index contributed by atoms with van der Waals surface area (Å²) >= 11 is 6.35. The van der Waals surface area contributed by atoms with Crippen LogP contribution in [0.2, 0.25) is 5.02 Å². The fourth-order valence-electron chi connectivity index (χ4n) is 11.2. The van der Waals surface area contributed by atoms with Crippen LogP contribution in [0.25, 0.3) is 4.85 Å². The Morgan fingerprint density at radius 1 is 0.717 bits per heavy atom. The van der Waals surface area contributed by atoms with Crippen LogP contribution in [0.15, 0.2) is 60.7 Å². The van der Waals surface area contributed by atoms with Crippen LogP contribution in [-0.4, -0.2) is 122 Å². The van der Waals surface area contributed by atoms with Crippen molar-refractivity contribution in [2.24, 2.45) is 17.3 Å². The van der Waals surface area contributed by atoms with E-state index in [9.17, 15) is 24.0 Å². The van der Waals surface area contributed by atoms with Gasteiger partial charge in [-0.2, -0.15) is 0 Å². The van der Waals surface area contributed by atoms with Crippen molar-refractivity contribution in [3.05, 3.63) is 93.8 Å². The molecule has 5 amide bonds. The van der Waals surface area contributed by atoms with E-state index >= 15 is 0 Å². The SMILES string of the molecule is [C-]#[N+]c1ccc(N2CCC3(CCN(c4ccc(C(=O)N5C[C@H]6CN(C7CCN(c8ccc9c(c8)C(=O)N(C8CCC(=O)NC8=O)C9=O)CC7)C[C@@H]6C5)cc4)CC3)C2)cc1Cl. The van der Waals surface area contributed by atoms with Gasteiger partial charge in [0.1, 0.15) is 6.04 Å². The molecule has 7 aliphatic heterocycles. The van der Waals surface area contributed by atoms with Gasteiger partial charge in [0.2, 0.25) is 17.5 Å². The van der Waals surface area contributed by atoms with Gasteiger partial charge < -0.3 is 19.6 Å². The molecule has 1 unspecified atom stereocenters. The summed E-state index contributed by atoms with van der Waals surface area (Å²) in [6.07, 6.45) is 5.63. The highest BCUT2D eigenvalue weighted by molar-refractivity contribution is 6.33. The number of halogens is 1. The molecule has 1 N–H and O–H groups in total. The van der Waals surface area contributed by atoms with Gasteiger partial charge in [0.15, 0.2) is 0 Å². The first-order valence-electron chi connectivity index (χ1n) is 21.5. The summed E-state index contributed by atoms with van der Waals surface area (Å²) in [6.45, 7) is 16.5. The molecule has 14 heteroatoms. The predicted octanol–water partition coefficient (Wildman–Crippen LogP) is 5.46. The summed E-state index contributed by atoms with van der Waals surface area (Å²) < 4.78 is 0. The molecule has 0 radical (unpaired) electrons. The lowest BCUT2D eigenvalue weighted by Crippen LogP contribution is -2.54. The molecule has 0 saturated carbocycles. The monoisotopic (exact) mass is 828 g/mol. The van der Waals surface area contributed by atoms with Crippen molar-refractivity contribution in [1.29, 1.82) is 0 Å². The number of nitrogens with one attached hydrogen (secondary N) is 1. The number of benzene rings is 3. The fourth-order valence-corrected chi connectivity index (χ4v) is 11.4. The van der Waals surface area contributed by atoms with Gasteiger partial charge in [0, 0.05) is 106 Å². The van der Waals surface area contributed by atoms with E-state index in [1.165, 1.54) is 5.69 Å². The molecular formula is C46H49ClN8O5. The Labute approximate surface area is 355 Å². The Bertz CT molecular complexity index is 2300. The lowest BCUT2D eigenvalue weighted by atomic mass is 9.77. The van der Waals surface area contributed by atoms with Crippen molar-refractivity contribution >= 4 is 63.9 Å². The number of likely N-dealkylation sites (tertiary alicyclic amines) is 2. The Balaban J connectivity index is 0.684. The van der Waals surface area contributed by atoms with E-state index in [0.717, 1.165) is 119 Å². The molecule has 6 fully saturated rings. The third-order valence-corrected chi connectivity index (χ3v) is 15.0. The van der Waals surface area contributed by atoms with Crippen LogP contribution in [-0.2, 0) is 9.59 Å². The number of carbonyl (C=O) groups is 5. The van der Waals surface area contributed by atoms with Crippen molar-refractivity contribution in [3.8, 4) is 0 Å². The van der Waals surface area contributed by atoms with Crippen molar-refractivity contribution in [2.75, 3.05) is 80.1 Å². The van der Waals surface area contributed by atoms with Crippen LogP contribution in [0.1, 0.15) is 76.0 Å². The Hall–Kier alpha value is -5.45. The van der Waals surface area contributed by atoms with E-state index in [0.29, 0.717) is 45.1 Å². The fraction of sp³-hybridized carbons (Fsp3) is 0.478. The molecule has 10 rings (SSSR count). The highest BCUT2D eigenvalue weighted by Gasteiger charge is 2.46. The number of hydrogen-bond acceptors (Lipinski definition) is 9. The number of carbonyl (C=O) groups excluding carboxylic acids is 5. The summed E-state index contributed by atoms with van der Waals surface area (Å²) in [6, 6.07) is 18.9. The largest absolute Gasteiger partial charge is 0.371 e. The maximum atomic E-state index is 13.7. The van der Waals surface area contributed by atoms with E-state index in [1.54, 1.807) is 12.1 Å². The minimum Gasteiger partial charge on any atom is -0.371 e. The molecule has 310 valence electrons. The summed E-state index contributed by atoms with van der Waals surface area (Å²) in [5.41, 5.74) is 5.33. The molecule has 0 aromatic heterocycles. The van der Waals surface area contributed by atoms with E-state index < -0.39 is 23.8 Å². The maximum Gasteiger partial charge on any atom is 0.262 e. The molecular weight excluding hydrogens is 780 g/mol. The molecule has 3 aromatic rings. The minimum atomic E-state index is -0.971. The second-order valence-corrected chi connectivity index (χ2v) is 18.4. The van der Waals surface area contributed by atoms with E-state index in [4.69, 9.17) is 18.2 Å². The van der Waals surface area contributed by atoms with Crippen LogP contribution >= 0.6 is 11.6 Å². The first-order valence-corrected chi connectivity index (χ1v) is 21.9. The van der Waals surface area contributed by atoms with Crippen LogP contribution in [0, 0.1) is 23.8 Å². The molecule has 0 bridgehead atoms. The van der Waals surface area contributed by atoms with Gasteiger partial charge in [-0.05, 0) is 110 Å². The number of piperidine rings is 3. The summed E-state index contributed by atoms with van der Waals surface area (Å²) in [5, 5.41) is 2.77. The lowest BCUT2D eigenvalue weighted by Gasteiger charge is -2.40. The molecule has 6 saturated heterocycles. The van der Waals surface area contributed by atoms with Gasteiger partial charge >= 0.3 is 0 Å². The number of anilines is 3. The summed E-state index contributed by atoms with van der Waals surface area (Å²) in [7, 11) is 0. The van der Waals surface area contributed by atoms with Gasteiger partial charge in [-0.15, -0.1) is 0 Å². The van der Waals surface area contributed by atoms with Gasteiger partial charge in [0.25, 0.3) is 17.7 Å². The smallest absolute Gasteiger partial charge is 0.262 e. The summed E-state index contributed by atoms with van der Waals surface area (Å²) in [4.78, 5) is 80.7. The summed E-state index contributed by atoms with van der Waals surface area (Å²) in [5.74, 6) is -0.886. The molecule has 60 heavy (non-hydrogen) atoms. The zero-order valence-corrected chi connectivity index (χ0v) is 34.4. The number of rotatable bonds is 6. The second-order valence-electron chi connectivity index (χ2n) is 18.0. The molecule has 3 aromatic carbocycles. The number of hydrogen-bond donors (Lipinski definition) is 1. The highest BCUT2D eigenvalue weighted by atomic mass is 35.5. The van der Waals surface area contributed by atoms with E-state index in [-0.39, 0.29) is 24.7 Å². The number of imide groups is 2. The van der Waals surface area contributed by atoms with Crippen molar-refractivity contribution in [2.45, 2.75) is 57.0 Å². The third-order valence-electron chi connectivity index (χ3n) is 14.7. The Morgan fingerprint density at radius 3 is 2.00 bits per heavy atom. The number of fused-ring (bicyclic) bond motifs is 2. The van der Waals surface area contributed by atoms with Crippen molar-refractivity contribution < 1.29 is 24.0 Å². The Kier molecular flexibility index (Phi) is 9.83. The highest BCUT2D eigenvalue weighted by Crippen LogP contribution is 2.44. The number of amides is 5. The molecule has 7 heterocycles. The van der Waals surface area contributed by atoms with E-state index in [2.05, 4.69) is 46.8 Å². The standard InChI is InChI=1S/C46H49ClN8O5/c1-48-39-9-7-35(23-38(39)47)52-21-16-46(28-52)14-19-51(20-15-46)32-4-2-29(3-5-32)43(58)54-26-30-24-53(25-31(30)27-54)33-12-17-50(18-13-33)34-6-8-36-37(22-34)45(60)55(44(36)59)40-10-11-41(56)49-42(40)57/h2-9,22-23,30-31,33,40H,10-21,24-28H2,(H,49,56,57)/t30-,31-,40?/m1/s1. The molecule has 1 spiro atoms.